The number of hydrogen-bond acceptors (Lipinski definition) is 5. The Kier molecular flexibility index (Phi) is 3.38. The first-order valence-electron chi connectivity index (χ1n) is 5.07. The Morgan fingerprint density at radius 1 is 1.53 bits per heavy atom. The molecule has 1 heterocycles. The lowest BCUT2D eigenvalue weighted by atomic mass is 9.98. The van der Waals surface area contributed by atoms with Crippen molar-refractivity contribution in [3.05, 3.63) is 0 Å². The Balaban J connectivity index is 2.47. The van der Waals surface area contributed by atoms with Gasteiger partial charge >= 0.3 is 5.97 Å². The molecular formula is C10H19NO4. The van der Waals surface area contributed by atoms with Gasteiger partial charge in [0.05, 0.1) is 18.6 Å². The maximum atomic E-state index is 11.5. The molecule has 0 bridgehead atoms. The van der Waals surface area contributed by atoms with E-state index in [0.717, 1.165) is 0 Å². The summed E-state index contributed by atoms with van der Waals surface area (Å²) in [5.41, 5.74) is -1.68. The third-order valence-electron chi connectivity index (χ3n) is 2.42. The molecule has 88 valence electrons. The van der Waals surface area contributed by atoms with Gasteiger partial charge in [-0.1, -0.05) is 0 Å². The van der Waals surface area contributed by atoms with E-state index in [1.807, 2.05) is 0 Å². The first-order chi connectivity index (χ1) is 6.77. The molecule has 0 aromatic carbocycles. The fourth-order valence-electron chi connectivity index (χ4n) is 1.28. The number of carbonyl (C=O) groups is 1. The highest BCUT2D eigenvalue weighted by Gasteiger charge is 2.38. The van der Waals surface area contributed by atoms with Gasteiger partial charge in [-0.25, -0.2) is 4.79 Å². The molecule has 1 unspecified atom stereocenters. The van der Waals surface area contributed by atoms with Crippen molar-refractivity contribution in [1.82, 2.24) is 5.06 Å². The highest BCUT2D eigenvalue weighted by molar-refractivity contribution is 5.75. The second-order valence-electron chi connectivity index (χ2n) is 5.12. The van der Waals surface area contributed by atoms with Crippen LogP contribution in [0.3, 0.4) is 0 Å². The zero-order valence-corrected chi connectivity index (χ0v) is 9.49. The molecule has 2 N–H and O–H groups in total. The van der Waals surface area contributed by atoms with E-state index in [2.05, 4.69) is 0 Å². The largest absolute Gasteiger partial charge is 0.393 e. The van der Waals surface area contributed by atoms with Crippen molar-refractivity contribution in [3.63, 3.8) is 0 Å². The molecule has 0 saturated carbocycles. The number of hydroxylamine groups is 2. The average molecular weight is 217 g/mol. The molecule has 0 amide bonds. The summed E-state index contributed by atoms with van der Waals surface area (Å²) in [7, 11) is 0. The molecule has 1 aliphatic heterocycles. The monoisotopic (exact) mass is 217 g/mol. The van der Waals surface area contributed by atoms with Gasteiger partial charge < -0.3 is 15.1 Å². The number of β-amino-alcohol motifs (C(OH)–C–C–N with tert-alkyl or cyclic N) is 1. The van der Waals surface area contributed by atoms with E-state index >= 15 is 0 Å². The standard InChI is InChI=1S/C10H19NO4/c1-9(2,3)8(13)15-11-5-4-10(14,6-11)7-12/h12,14H,4-7H2,1-3H3. The van der Waals surface area contributed by atoms with Gasteiger partial charge in [-0.3, -0.25) is 0 Å². The van der Waals surface area contributed by atoms with Crippen molar-refractivity contribution in [2.75, 3.05) is 19.7 Å². The van der Waals surface area contributed by atoms with Gasteiger partial charge in [0.15, 0.2) is 0 Å². The zero-order valence-electron chi connectivity index (χ0n) is 9.49. The quantitative estimate of drug-likeness (QED) is 0.677. The molecule has 1 saturated heterocycles. The van der Waals surface area contributed by atoms with Crippen LogP contribution in [0.25, 0.3) is 0 Å². The second-order valence-corrected chi connectivity index (χ2v) is 5.12. The van der Waals surface area contributed by atoms with E-state index in [-0.39, 0.29) is 19.1 Å². The van der Waals surface area contributed by atoms with Crippen LogP contribution in [0.2, 0.25) is 0 Å². The fraction of sp³-hybridized carbons (Fsp3) is 0.900. The van der Waals surface area contributed by atoms with E-state index in [4.69, 9.17) is 9.94 Å². The summed E-state index contributed by atoms with van der Waals surface area (Å²) in [5.74, 6) is -0.329. The van der Waals surface area contributed by atoms with Crippen molar-refractivity contribution in [2.24, 2.45) is 5.41 Å². The molecule has 0 aliphatic carbocycles. The third kappa shape index (κ3) is 3.15. The van der Waals surface area contributed by atoms with Crippen molar-refractivity contribution >= 4 is 5.97 Å². The van der Waals surface area contributed by atoms with Gasteiger partial charge in [0.1, 0.15) is 5.60 Å². The predicted octanol–water partition coefficient (Wildman–Crippen LogP) is -0.0802. The summed E-state index contributed by atoms with van der Waals surface area (Å²) in [4.78, 5) is 16.6. The maximum absolute atomic E-state index is 11.5. The lowest BCUT2D eigenvalue weighted by Crippen LogP contribution is -2.38. The Morgan fingerprint density at radius 2 is 2.13 bits per heavy atom. The lowest BCUT2D eigenvalue weighted by Gasteiger charge is -2.23. The van der Waals surface area contributed by atoms with Crippen LogP contribution < -0.4 is 0 Å². The molecule has 1 rings (SSSR count). The summed E-state index contributed by atoms with van der Waals surface area (Å²) < 4.78 is 0. The Bertz CT molecular complexity index is 248. The number of hydrogen-bond donors (Lipinski definition) is 2. The van der Waals surface area contributed by atoms with Crippen LogP contribution in [0, 0.1) is 5.41 Å². The summed E-state index contributed by atoms with van der Waals surface area (Å²) in [6.07, 6.45) is 0.418. The number of aliphatic hydroxyl groups is 2. The highest BCUT2D eigenvalue weighted by atomic mass is 16.7. The van der Waals surface area contributed by atoms with Crippen molar-refractivity contribution in [2.45, 2.75) is 32.8 Å². The molecular weight excluding hydrogens is 198 g/mol. The number of nitrogens with zero attached hydrogens (tertiary/aromatic N) is 1. The van der Waals surface area contributed by atoms with Crippen molar-refractivity contribution in [3.8, 4) is 0 Å². The summed E-state index contributed by atoms with van der Waals surface area (Å²) in [6, 6.07) is 0. The molecule has 0 spiro atoms. The van der Waals surface area contributed by atoms with E-state index in [0.29, 0.717) is 13.0 Å². The van der Waals surface area contributed by atoms with Crippen molar-refractivity contribution in [1.29, 1.82) is 0 Å². The lowest BCUT2D eigenvalue weighted by molar-refractivity contribution is -0.199. The summed E-state index contributed by atoms with van der Waals surface area (Å²) in [5, 5.41) is 20.0. The molecule has 1 fully saturated rings. The van der Waals surface area contributed by atoms with Crippen LogP contribution >= 0.6 is 0 Å². The van der Waals surface area contributed by atoms with Gasteiger partial charge in [0, 0.05) is 6.54 Å². The fourth-order valence-corrected chi connectivity index (χ4v) is 1.28. The normalized spacial score (nSPS) is 28.1. The molecule has 5 heteroatoms. The molecule has 0 aromatic rings. The first kappa shape index (κ1) is 12.4. The van der Waals surface area contributed by atoms with Crippen LogP contribution in [-0.2, 0) is 9.63 Å². The van der Waals surface area contributed by atoms with Gasteiger partial charge in [-0.05, 0) is 27.2 Å². The maximum Gasteiger partial charge on any atom is 0.330 e. The molecule has 15 heavy (non-hydrogen) atoms. The van der Waals surface area contributed by atoms with E-state index < -0.39 is 11.0 Å². The average Bonchev–Trinajstić information content (AvgIpc) is 2.47. The number of carbonyl (C=O) groups excluding carboxylic acids is 1. The second kappa shape index (κ2) is 4.08. The number of rotatable bonds is 2. The van der Waals surface area contributed by atoms with Crippen LogP contribution in [-0.4, -0.2) is 46.5 Å². The van der Waals surface area contributed by atoms with Gasteiger partial charge in [-0.2, -0.15) is 0 Å². The van der Waals surface area contributed by atoms with Crippen LogP contribution in [0.1, 0.15) is 27.2 Å². The molecule has 1 aliphatic rings. The zero-order chi connectivity index (χ0) is 11.7. The smallest absolute Gasteiger partial charge is 0.330 e. The minimum Gasteiger partial charge on any atom is -0.393 e. The molecule has 0 aromatic heterocycles. The van der Waals surface area contributed by atoms with Crippen LogP contribution in [0.5, 0.6) is 0 Å². The van der Waals surface area contributed by atoms with Crippen LogP contribution in [0.15, 0.2) is 0 Å². The van der Waals surface area contributed by atoms with E-state index in [1.165, 1.54) is 5.06 Å². The van der Waals surface area contributed by atoms with Crippen LogP contribution in [0.4, 0.5) is 0 Å². The van der Waals surface area contributed by atoms with Crippen molar-refractivity contribution < 1.29 is 19.8 Å². The number of aliphatic hydroxyl groups excluding tert-OH is 1. The topological polar surface area (TPSA) is 70.0 Å². The Morgan fingerprint density at radius 3 is 2.53 bits per heavy atom. The van der Waals surface area contributed by atoms with Gasteiger partial charge in [0.2, 0.25) is 0 Å². The predicted molar refractivity (Wildman–Crippen MR) is 53.8 cm³/mol. The highest BCUT2D eigenvalue weighted by Crippen LogP contribution is 2.23. The minimum atomic E-state index is -1.13. The molecule has 0 radical (unpaired) electrons. The van der Waals surface area contributed by atoms with E-state index in [9.17, 15) is 9.90 Å². The summed E-state index contributed by atoms with van der Waals surface area (Å²) >= 11 is 0. The molecule has 5 nitrogen and oxygen atoms in total. The van der Waals surface area contributed by atoms with E-state index in [1.54, 1.807) is 20.8 Å². The first-order valence-corrected chi connectivity index (χ1v) is 5.07. The SMILES string of the molecule is CC(C)(C)C(=O)ON1CCC(O)(CO)C1. The Labute approximate surface area is 89.6 Å². The van der Waals surface area contributed by atoms with Gasteiger partial charge in [0.25, 0.3) is 0 Å². The Hall–Kier alpha value is -0.650. The third-order valence-corrected chi connectivity index (χ3v) is 2.42. The molecule has 1 atom stereocenters. The van der Waals surface area contributed by atoms with Gasteiger partial charge in [-0.15, -0.1) is 5.06 Å². The summed E-state index contributed by atoms with van der Waals surface area (Å²) in [6.45, 7) is 5.62. The minimum absolute atomic E-state index is 0.172.